The summed E-state index contributed by atoms with van der Waals surface area (Å²) in [5.74, 6) is 0.0836. The minimum Gasteiger partial charge on any atom is -0.494 e. The summed E-state index contributed by atoms with van der Waals surface area (Å²) >= 11 is 0. The van der Waals surface area contributed by atoms with E-state index in [2.05, 4.69) is 0 Å². The van der Waals surface area contributed by atoms with Crippen molar-refractivity contribution < 1.29 is 28.8 Å². The first-order valence-electron chi connectivity index (χ1n) is 12.5. The van der Waals surface area contributed by atoms with Crippen LogP contribution >= 0.6 is 0 Å². The maximum atomic E-state index is 12.3. The van der Waals surface area contributed by atoms with E-state index in [0.29, 0.717) is 32.8 Å². The summed E-state index contributed by atoms with van der Waals surface area (Å²) in [7, 11) is 0. The molecule has 2 aliphatic rings. The van der Waals surface area contributed by atoms with Crippen molar-refractivity contribution >= 4 is 6.09 Å². The van der Waals surface area contributed by atoms with Crippen LogP contribution in [0.1, 0.15) is 57.1 Å². The molecule has 0 spiro atoms. The van der Waals surface area contributed by atoms with Gasteiger partial charge in [-0.05, 0) is 51.3 Å². The summed E-state index contributed by atoms with van der Waals surface area (Å²) in [5, 5.41) is 10.7. The number of carbonyl (C=O) groups is 1. The largest absolute Gasteiger partial charge is 0.494 e. The molecule has 4 rings (SSSR count). The number of rotatable bonds is 7. The molecule has 7 nitrogen and oxygen atoms in total. The number of amides is 1. The van der Waals surface area contributed by atoms with Gasteiger partial charge in [0.2, 0.25) is 0 Å². The lowest BCUT2D eigenvalue weighted by Gasteiger charge is -2.37. The highest BCUT2D eigenvalue weighted by atomic mass is 16.7. The Morgan fingerprint density at radius 1 is 1.09 bits per heavy atom. The van der Waals surface area contributed by atoms with Crippen LogP contribution in [0.2, 0.25) is 0 Å². The second kappa shape index (κ2) is 11.0. The predicted octanol–water partition coefficient (Wildman–Crippen LogP) is 4.83. The second-order valence-electron chi connectivity index (χ2n) is 10.2. The summed E-state index contributed by atoms with van der Waals surface area (Å²) in [6.45, 7) is 8.10. The van der Waals surface area contributed by atoms with Crippen LogP contribution in [-0.4, -0.2) is 60.7 Å². The van der Waals surface area contributed by atoms with E-state index in [-0.39, 0.29) is 18.6 Å². The van der Waals surface area contributed by atoms with Gasteiger partial charge in [-0.25, -0.2) is 4.79 Å². The van der Waals surface area contributed by atoms with E-state index in [0.717, 1.165) is 29.7 Å². The van der Waals surface area contributed by atoms with E-state index < -0.39 is 17.5 Å². The fourth-order valence-corrected chi connectivity index (χ4v) is 4.72. The monoisotopic (exact) mass is 483 g/mol. The molecular formula is C28H37NO6. The number of aliphatic hydroxyl groups is 1. The van der Waals surface area contributed by atoms with Crippen molar-refractivity contribution in [3.8, 4) is 5.75 Å². The average molecular weight is 484 g/mol. The normalized spacial score (nSPS) is 22.1. The van der Waals surface area contributed by atoms with Gasteiger partial charge in [0.05, 0.1) is 32.5 Å². The van der Waals surface area contributed by atoms with Crippen LogP contribution in [0, 0.1) is 0 Å². The van der Waals surface area contributed by atoms with Crippen LogP contribution in [0.3, 0.4) is 0 Å². The van der Waals surface area contributed by atoms with Gasteiger partial charge in [-0.3, -0.25) is 0 Å². The number of benzene rings is 2. The van der Waals surface area contributed by atoms with Crippen LogP contribution in [-0.2, 0) is 20.0 Å². The summed E-state index contributed by atoms with van der Waals surface area (Å²) < 4.78 is 23.4. The zero-order chi connectivity index (χ0) is 24.9. The Morgan fingerprint density at radius 2 is 1.77 bits per heavy atom. The van der Waals surface area contributed by atoms with Crippen LogP contribution in [0.15, 0.2) is 54.6 Å². The van der Waals surface area contributed by atoms with E-state index in [1.807, 2.05) is 75.4 Å². The maximum absolute atomic E-state index is 12.3. The number of ether oxygens (including phenoxy) is 4. The van der Waals surface area contributed by atoms with Crippen molar-refractivity contribution in [1.29, 1.82) is 0 Å². The van der Waals surface area contributed by atoms with Gasteiger partial charge >= 0.3 is 6.09 Å². The molecule has 1 amide bonds. The van der Waals surface area contributed by atoms with E-state index in [9.17, 15) is 9.90 Å². The summed E-state index contributed by atoms with van der Waals surface area (Å²) in [4.78, 5) is 13.9. The number of aliphatic hydroxyl groups excluding tert-OH is 1. The SMILES string of the molecule is CC(C)(C)OC(=O)N1CCC(c2ccc(OCCCC3(c4ccccc4)OCCO3)cc2)C(O)C1. The number of hydrogen-bond donors (Lipinski definition) is 1. The Hall–Kier alpha value is -2.61. The van der Waals surface area contributed by atoms with E-state index in [4.69, 9.17) is 18.9 Å². The fourth-order valence-electron chi connectivity index (χ4n) is 4.72. The molecule has 2 aliphatic heterocycles. The smallest absolute Gasteiger partial charge is 0.410 e. The highest BCUT2D eigenvalue weighted by Gasteiger charge is 2.38. The molecule has 2 fully saturated rings. The molecule has 2 atom stereocenters. The molecule has 2 aromatic rings. The summed E-state index contributed by atoms with van der Waals surface area (Å²) in [5.41, 5.74) is 1.54. The Balaban J connectivity index is 1.25. The lowest BCUT2D eigenvalue weighted by Crippen LogP contribution is -2.47. The molecular weight excluding hydrogens is 446 g/mol. The van der Waals surface area contributed by atoms with Gasteiger partial charge in [0.1, 0.15) is 11.4 Å². The first kappa shape index (κ1) is 25.5. The Kier molecular flexibility index (Phi) is 7.99. The highest BCUT2D eigenvalue weighted by Crippen LogP contribution is 2.36. The zero-order valence-corrected chi connectivity index (χ0v) is 20.9. The number of β-amino-alcohol motifs (C(OH)–C–C–N with tert-alkyl or cyclic N) is 1. The van der Waals surface area contributed by atoms with Gasteiger partial charge in [0.25, 0.3) is 0 Å². The predicted molar refractivity (Wildman–Crippen MR) is 132 cm³/mol. The maximum Gasteiger partial charge on any atom is 0.410 e. The highest BCUT2D eigenvalue weighted by molar-refractivity contribution is 5.68. The molecule has 0 aromatic heterocycles. The topological polar surface area (TPSA) is 77.5 Å². The lowest BCUT2D eigenvalue weighted by atomic mass is 9.87. The summed E-state index contributed by atoms with van der Waals surface area (Å²) in [6.07, 6.45) is 1.18. The van der Waals surface area contributed by atoms with Crippen LogP contribution in [0.5, 0.6) is 5.75 Å². The van der Waals surface area contributed by atoms with Crippen molar-refractivity contribution in [1.82, 2.24) is 4.90 Å². The van der Waals surface area contributed by atoms with E-state index in [1.165, 1.54) is 0 Å². The second-order valence-corrected chi connectivity index (χ2v) is 10.2. The standard InChI is InChI=1S/C28H37NO6/c1-27(2,3)35-26(31)29-16-14-24(25(30)20-29)21-10-12-23(13-11-21)32-17-7-15-28(33-18-19-34-28)22-8-5-4-6-9-22/h4-6,8-13,24-25,30H,7,14-20H2,1-3H3. The van der Waals surface area contributed by atoms with Gasteiger partial charge in [-0.2, -0.15) is 0 Å². The van der Waals surface area contributed by atoms with Gasteiger partial charge < -0.3 is 29.0 Å². The molecule has 2 aromatic carbocycles. The molecule has 1 N–H and O–H groups in total. The van der Waals surface area contributed by atoms with Gasteiger partial charge in [0, 0.05) is 24.4 Å². The van der Waals surface area contributed by atoms with Gasteiger partial charge in [-0.15, -0.1) is 0 Å². The zero-order valence-electron chi connectivity index (χ0n) is 20.9. The van der Waals surface area contributed by atoms with E-state index in [1.54, 1.807) is 4.90 Å². The van der Waals surface area contributed by atoms with Crippen LogP contribution in [0.25, 0.3) is 0 Å². The fraction of sp³-hybridized carbons (Fsp3) is 0.536. The number of carbonyl (C=O) groups excluding carboxylic acids is 1. The molecule has 0 saturated carbocycles. The van der Waals surface area contributed by atoms with Crippen LogP contribution < -0.4 is 4.74 Å². The van der Waals surface area contributed by atoms with Gasteiger partial charge in [-0.1, -0.05) is 42.5 Å². The van der Waals surface area contributed by atoms with Crippen molar-refractivity contribution in [2.24, 2.45) is 0 Å². The minimum atomic E-state index is -0.682. The molecule has 35 heavy (non-hydrogen) atoms. The van der Waals surface area contributed by atoms with Gasteiger partial charge in [0.15, 0.2) is 5.79 Å². The van der Waals surface area contributed by atoms with Crippen molar-refractivity contribution in [3.63, 3.8) is 0 Å². The van der Waals surface area contributed by atoms with Crippen molar-refractivity contribution in [3.05, 3.63) is 65.7 Å². The minimum absolute atomic E-state index is 0.0230. The number of hydrogen-bond acceptors (Lipinski definition) is 6. The number of likely N-dealkylation sites (tertiary alicyclic amines) is 1. The lowest BCUT2D eigenvalue weighted by molar-refractivity contribution is -0.172. The third-order valence-corrected chi connectivity index (χ3v) is 6.43. The van der Waals surface area contributed by atoms with Crippen molar-refractivity contribution in [2.45, 2.75) is 63.4 Å². The average Bonchev–Trinajstić information content (AvgIpc) is 3.32. The quantitative estimate of drug-likeness (QED) is 0.569. The third kappa shape index (κ3) is 6.54. The van der Waals surface area contributed by atoms with E-state index >= 15 is 0 Å². The molecule has 0 bridgehead atoms. The molecule has 0 aliphatic carbocycles. The Morgan fingerprint density at radius 3 is 2.40 bits per heavy atom. The number of nitrogens with zero attached hydrogens (tertiary/aromatic N) is 1. The molecule has 2 saturated heterocycles. The first-order valence-corrected chi connectivity index (χ1v) is 12.5. The molecule has 2 unspecified atom stereocenters. The third-order valence-electron chi connectivity index (χ3n) is 6.43. The Bertz CT molecular complexity index is 950. The molecule has 2 heterocycles. The molecule has 190 valence electrons. The molecule has 7 heteroatoms. The van der Waals surface area contributed by atoms with Crippen LogP contribution in [0.4, 0.5) is 4.79 Å². The molecule has 0 radical (unpaired) electrons. The van der Waals surface area contributed by atoms with Crippen molar-refractivity contribution in [2.75, 3.05) is 32.9 Å². The number of piperidine rings is 1. The first-order chi connectivity index (χ1) is 16.8. The summed E-state index contributed by atoms with van der Waals surface area (Å²) in [6, 6.07) is 17.9. The Labute approximate surface area is 207 Å².